The highest BCUT2D eigenvalue weighted by atomic mass is 16.3. The standard InChI is InChI=1S/C22H28N4O2/c1-4-12-26(13-11-20(27)23-15-16(2)3)22-17-8-5-6-9-18(17)24-21(25-22)19-10-7-14-28-19/h5-10,14,16H,4,11-13,15H2,1-3H3,(H,23,27). The van der Waals surface area contributed by atoms with Gasteiger partial charge in [0, 0.05) is 31.4 Å². The highest BCUT2D eigenvalue weighted by Crippen LogP contribution is 2.28. The van der Waals surface area contributed by atoms with Crippen LogP contribution in [0.1, 0.15) is 33.6 Å². The first-order valence-corrected chi connectivity index (χ1v) is 9.90. The molecule has 0 bridgehead atoms. The van der Waals surface area contributed by atoms with E-state index in [0.717, 1.165) is 29.7 Å². The van der Waals surface area contributed by atoms with Gasteiger partial charge < -0.3 is 14.6 Å². The number of hydrogen-bond acceptors (Lipinski definition) is 5. The number of anilines is 1. The van der Waals surface area contributed by atoms with Gasteiger partial charge in [0.1, 0.15) is 5.82 Å². The Morgan fingerprint density at radius 2 is 1.96 bits per heavy atom. The third-order valence-corrected chi connectivity index (χ3v) is 4.43. The number of aromatic nitrogens is 2. The minimum absolute atomic E-state index is 0.0689. The lowest BCUT2D eigenvalue weighted by molar-refractivity contribution is -0.121. The number of hydrogen-bond donors (Lipinski definition) is 1. The van der Waals surface area contributed by atoms with Gasteiger partial charge in [-0.05, 0) is 36.6 Å². The molecule has 1 N–H and O–H groups in total. The summed E-state index contributed by atoms with van der Waals surface area (Å²) < 4.78 is 5.51. The molecule has 0 unspecified atom stereocenters. The summed E-state index contributed by atoms with van der Waals surface area (Å²) in [5, 5.41) is 3.97. The third kappa shape index (κ3) is 4.88. The third-order valence-electron chi connectivity index (χ3n) is 4.43. The van der Waals surface area contributed by atoms with Crippen molar-refractivity contribution in [3.63, 3.8) is 0 Å². The molecule has 3 aromatic rings. The predicted octanol–water partition coefficient (Wildman–Crippen LogP) is 4.27. The fraction of sp³-hybridized carbons (Fsp3) is 0.409. The smallest absolute Gasteiger partial charge is 0.221 e. The molecule has 148 valence electrons. The second-order valence-corrected chi connectivity index (χ2v) is 7.30. The van der Waals surface area contributed by atoms with Crippen LogP contribution in [0.5, 0.6) is 0 Å². The number of furan rings is 1. The van der Waals surface area contributed by atoms with Crippen LogP contribution in [0, 0.1) is 5.92 Å². The predicted molar refractivity (Wildman–Crippen MR) is 112 cm³/mol. The summed E-state index contributed by atoms with van der Waals surface area (Å²) >= 11 is 0. The number of benzene rings is 1. The molecule has 0 aliphatic carbocycles. The number of para-hydroxylation sites is 1. The number of carbonyl (C=O) groups excluding carboxylic acids is 1. The van der Waals surface area contributed by atoms with Gasteiger partial charge in [-0.1, -0.05) is 32.9 Å². The van der Waals surface area contributed by atoms with E-state index in [0.29, 0.717) is 37.0 Å². The van der Waals surface area contributed by atoms with Crippen molar-refractivity contribution in [2.45, 2.75) is 33.6 Å². The second-order valence-electron chi connectivity index (χ2n) is 7.30. The van der Waals surface area contributed by atoms with Gasteiger partial charge in [-0.2, -0.15) is 0 Å². The minimum atomic E-state index is 0.0689. The maximum atomic E-state index is 12.2. The van der Waals surface area contributed by atoms with Crippen LogP contribution < -0.4 is 10.2 Å². The average molecular weight is 380 g/mol. The Morgan fingerprint density at radius 1 is 1.14 bits per heavy atom. The minimum Gasteiger partial charge on any atom is -0.461 e. The van der Waals surface area contributed by atoms with E-state index >= 15 is 0 Å². The normalized spacial score (nSPS) is 11.1. The maximum absolute atomic E-state index is 12.2. The molecule has 0 spiro atoms. The van der Waals surface area contributed by atoms with Crippen LogP contribution >= 0.6 is 0 Å². The van der Waals surface area contributed by atoms with Crippen molar-refractivity contribution in [2.24, 2.45) is 5.92 Å². The van der Waals surface area contributed by atoms with Gasteiger partial charge in [0.15, 0.2) is 11.6 Å². The molecule has 0 saturated heterocycles. The molecular weight excluding hydrogens is 352 g/mol. The van der Waals surface area contributed by atoms with E-state index in [1.165, 1.54) is 0 Å². The highest BCUT2D eigenvalue weighted by molar-refractivity contribution is 5.91. The largest absolute Gasteiger partial charge is 0.461 e. The van der Waals surface area contributed by atoms with Crippen LogP contribution in [0.15, 0.2) is 47.1 Å². The highest BCUT2D eigenvalue weighted by Gasteiger charge is 2.17. The molecule has 1 amide bonds. The summed E-state index contributed by atoms with van der Waals surface area (Å²) in [4.78, 5) is 23.8. The van der Waals surface area contributed by atoms with Gasteiger partial charge in [0.25, 0.3) is 0 Å². The van der Waals surface area contributed by atoms with Crippen molar-refractivity contribution in [1.29, 1.82) is 0 Å². The molecule has 0 radical (unpaired) electrons. The number of amides is 1. The summed E-state index contributed by atoms with van der Waals surface area (Å²) in [6.07, 6.45) is 3.01. The van der Waals surface area contributed by atoms with E-state index < -0.39 is 0 Å². The average Bonchev–Trinajstić information content (AvgIpc) is 3.23. The summed E-state index contributed by atoms with van der Waals surface area (Å²) in [5.41, 5.74) is 0.865. The van der Waals surface area contributed by atoms with Crippen molar-refractivity contribution < 1.29 is 9.21 Å². The first-order chi connectivity index (χ1) is 13.6. The van der Waals surface area contributed by atoms with Gasteiger partial charge in [0.2, 0.25) is 5.91 Å². The van der Waals surface area contributed by atoms with Crippen LogP contribution in [0.4, 0.5) is 5.82 Å². The van der Waals surface area contributed by atoms with Gasteiger partial charge in [-0.15, -0.1) is 0 Å². The lowest BCUT2D eigenvalue weighted by atomic mass is 10.2. The molecule has 0 aliphatic heterocycles. The molecule has 28 heavy (non-hydrogen) atoms. The lowest BCUT2D eigenvalue weighted by Gasteiger charge is -2.24. The van der Waals surface area contributed by atoms with E-state index in [1.54, 1.807) is 6.26 Å². The van der Waals surface area contributed by atoms with Crippen molar-refractivity contribution >= 4 is 22.6 Å². The van der Waals surface area contributed by atoms with Crippen LogP contribution in [-0.2, 0) is 4.79 Å². The quantitative estimate of drug-likeness (QED) is 0.600. The van der Waals surface area contributed by atoms with E-state index in [1.807, 2.05) is 36.4 Å². The van der Waals surface area contributed by atoms with Crippen molar-refractivity contribution in [3.05, 3.63) is 42.7 Å². The summed E-state index contributed by atoms with van der Waals surface area (Å²) in [6, 6.07) is 11.6. The molecule has 6 nitrogen and oxygen atoms in total. The number of carbonyl (C=O) groups is 1. The topological polar surface area (TPSA) is 71.3 Å². The number of fused-ring (bicyclic) bond motifs is 1. The van der Waals surface area contributed by atoms with E-state index in [2.05, 4.69) is 36.0 Å². The van der Waals surface area contributed by atoms with E-state index in [9.17, 15) is 4.79 Å². The fourth-order valence-electron chi connectivity index (χ4n) is 3.05. The summed E-state index contributed by atoms with van der Waals surface area (Å²) in [6.45, 7) is 8.43. The zero-order valence-electron chi connectivity index (χ0n) is 16.8. The van der Waals surface area contributed by atoms with Crippen molar-refractivity contribution in [3.8, 4) is 11.6 Å². The first kappa shape index (κ1) is 19.9. The Morgan fingerprint density at radius 3 is 2.68 bits per heavy atom. The molecule has 0 saturated carbocycles. The lowest BCUT2D eigenvalue weighted by Crippen LogP contribution is -2.33. The fourth-order valence-corrected chi connectivity index (χ4v) is 3.05. The molecular formula is C22H28N4O2. The summed E-state index contributed by atoms with van der Waals surface area (Å²) in [7, 11) is 0. The molecule has 3 rings (SSSR count). The van der Waals surface area contributed by atoms with E-state index in [4.69, 9.17) is 9.40 Å². The second kappa shape index (κ2) is 9.35. The zero-order chi connectivity index (χ0) is 19.9. The maximum Gasteiger partial charge on any atom is 0.221 e. The van der Waals surface area contributed by atoms with Crippen LogP contribution in [-0.4, -0.2) is 35.5 Å². The zero-order valence-corrected chi connectivity index (χ0v) is 16.8. The number of nitrogens with one attached hydrogen (secondary N) is 1. The van der Waals surface area contributed by atoms with Crippen LogP contribution in [0.2, 0.25) is 0 Å². The Hall–Kier alpha value is -2.89. The van der Waals surface area contributed by atoms with Crippen molar-refractivity contribution in [1.82, 2.24) is 15.3 Å². The molecule has 2 aromatic heterocycles. The first-order valence-electron chi connectivity index (χ1n) is 9.90. The molecule has 0 fully saturated rings. The molecule has 0 aliphatic rings. The van der Waals surface area contributed by atoms with Crippen LogP contribution in [0.3, 0.4) is 0 Å². The monoisotopic (exact) mass is 380 g/mol. The van der Waals surface area contributed by atoms with Gasteiger partial charge in [-0.3, -0.25) is 4.79 Å². The van der Waals surface area contributed by atoms with Gasteiger partial charge in [-0.25, -0.2) is 9.97 Å². The van der Waals surface area contributed by atoms with E-state index in [-0.39, 0.29) is 5.91 Å². The molecule has 2 heterocycles. The Labute approximate surface area is 166 Å². The molecule has 1 aromatic carbocycles. The molecule has 0 atom stereocenters. The van der Waals surface area contributed by atoms with Gasteiger partial charge in [0.05, 0.1) is 11.8 Å². The Kier molecular flexibility index (Phi) is 6.63. The SMILES string of the molecule is CCCN(CCC(=O)NCC(C)C)c1nc(-c2ccco2)nc2ccccc12. The van der Waals surface area contributed by atoms with Crippen molar-refractivity contribution in [2.75, 3.05) is 24.5 Å². The Bertz CT molecular complexity index is 906. The van der Waals surface area contributed by atoms with Gasteiger partial charge >= 0.3 is 0 Å². The van der Waals surface area contributed by atoms with Crippen LogP contribution in [0.25, 0.3) is 22.5 Å². The number of nitrogens with zero attached hydrogens (tertiary/aromatic N) is 3. The Balaban J connectivity index is 1.90. The number of rotatable bonds is 9. The molecule has 6 heteroatoms. The summed E-state index contributed by atoms with van der Waals surface area (Å²) in [5.74, 6) is 2.55.